The number of hydrogen-bond donors (Lipinski definition) is 2. The molecule has 1 fully saturated rings. The lowest BCUT2D eigenvalue weighted by atomic mass is 9.89. The Kier molecular flexibility index (Phi) is 2.56. The Bertz CT molecular complexity index is 313. The summed E-state index contributed by atoms with van der Waals surface area (Å²) in [5.74, 6) is -0.105. The summed E-state index contributed by atoms with van der Waals surface area (Å²) < 4.78 is 5.39. The zero-order chi connectivity index (χ0) is 11.1. The minimum absolute atomic E-state index is 0.365. The summed E-state index contributed by atoms with van der Waals surface area (Å²) in [4.78, 5) is 11.5. The van der Waals surface area contributed by atoms with E-state index < -0.39 is 17.6 Å². The lowest BCUT2D eigenvalue weighted by Crippen LogP contribution is -2.43. The van der Waals surface area contributed by atoms with Crippen LogP contribution in [0.5, 0.6) is 0 Å². The van der Waals surface area contributed by atoms with Gasteiger partial charge < -0.3 is 15.6 Å². The predicted molar refractivity (Wildman–Crippen MR) is 55.0 cm³/mol. The van der Waals surface area contributed by atoms with E-state index in [4.69, 9.17) is 15.6 Å². The number of rotatable bonds is 3. The summed E-state index contributed by atoms with van der Waals surface area (Å²) in [5, 5.41) is 8.75. The molecule has 0 aliphatic heterocycles. The van der Waals surface area contributed by atoms with E-state index in [1.807, 2.05) is 13.0 Å². The molecule has 84 valence electrons. The Morgan fingerprint density at radius 2 is 2.60 bits per heavy atom. The van der Waals surface area contributed by atoms with Gasteiger partial charge in [0.2, 0.25) is 0 Å². The van der Waals surface area contributed by atoms with Crippen molar-refractivity contribution in [1.82, 2.24) is 0 Å². The van der Waals surface area contributed by atoms with Crippen molar-refractivity contribution < 1.29 is 14.6 Å². The normalized spacial score (nSPS) is 35.1. The third-order valence-corrected chi connectivity index (χ3v) is 3.44. The zero-order valence-electron chi connectivity index (χ0n) is 8.90. The van der Waals surface area contributed by atoms with E-state index in [-0.39, 0.29) is 6.61 Å². The average molecular weight is 211 g/mol. The highest BCUT2D eigenvalue weighted by atomic mass is 16.6. The van der Waals surface area contributed by atoms with Crippen molar-refractivity contribution in [3.63, 3.8) is 0 Å². The lowest BCUT2D eigenvalue weighted by Gasteiger charge is -2.31. The quantitative estimate of drug-likeness (QED) is 0.522. The van der Waals surface area contributed by atoms with Gasteiger partial charge in [-0.2, -0.15) is 0 Å². The van der Waals surface area contributed by atoms with Gasteiger partial charge in [-0.15, -0.1) is 0 Å². The van der Waals surface area contributed by atoms with Crippen LogP contribution in [0.15, 0.2) is 11.6 Å². The van der Waals surface area contributed by atoms with Crippen molar-refractivity contribution in [3.8, 4) is 0 Å². The van der Waals surface area contributed by atoms with E-state index in [0.717, 1.165) is 19.3 Å². The van der Waals surface area contributed by atoms with Crippen LogP contribution in [0.3, 0.4) is 0 Å². The van der Waals surface area contributed by atoms with Gasteiger partial charge in [0.1, 0.15) is 11.6 Å². The second kappa shape index (κ2) is 3.61. The molecule has 0 heterocycles. The average Bonchev–Trinajstić information content (AvgIpc) is 2.75. The number of aliphatic hydroxyl groups is 1. The van der Waals surface area contributed by atoms with E-state index in [9.17, 15) is 4.79 Å². The van der Waals surface area contributed by atoms with Crippen molar-refractivity contribution in [2.24, 2.45) is 11.7 Å². The van der Waals surface area contributed by atoms with Crippen LogP contribution in [0.2, 0.25) is 0 Å². The largest absolute Gasteiger partial charge is 0.454 e. The molecule has 0 radical (unpaired) electrons. The van der Waals surface area contributed by atoms with E-state index in [0.29, 0.717) is 5.92 Å². The van der Waals surface area contributed by atoms with Crippen LogP contribution in [0.4, 0.5) is 0 Å². The minimum atomic E-state index is -0.917. The molecule has 2 rings (SSSR count). The Morgan fingerprint density at radius 3 is 3.07 bits per heavy atom. The molecule has 0 saturated heterocycles. The van der Waals surface area contributed by atoms with Crippen LogP contribution in [0.25, 0.3) is 0 Å². The molecule has 1 saturated carbocycles. The predicted octanol–water partition coefficient (Wildman–Crippen LogP) is 0.348. The number of nitrogens with two attached hydrogens (primary N) is 1. The first-order valence-electron chi connectivity index (χ1n) is 5.35. The highest BCUT2D eigenvalue weighted by Gasteiger charge is 2.45. The molecular weight excluding hydrogens is 194 g/mol. The van der Waals surface area contributed by atoms with Crippen LogP contribution in [0, 0.1) is 5.92 Å². The monoisotopic (exact) mass is 211 g/mol. The van der Waals surface area contributed by atoms with Crippen molar-refractivity contribution in [2.75, 3.05) is 6.61 Å². The van der Waals surface area contributed by atoms with Gasteiger partial charge in [-0.05, 0) is 32.3 Å². The minimum Gasteiger partial charge on any atom is -0.454 e. The second-order valence-electron chi connectivity index (χ2n) is 4.64. The van der Waals surface area contributed by atoms with Gasteiger partial charge in [0.15, 0.2) is 0 Å². The van der Waals surface area contributed by atoms with Gasteiger partial charge in [0, 0.05) is 5.92 Å². The summed E-state index contributed by atoms with van der Waals surface area (Å²) in [6.07, 6.45) is 5.30. The number of esters is 1. The highest BCUT2D eigenvalue weighted by molar-refractivity contribution is 5.76. The molecule has 2 aliphatic carbocycles. The summed E-state index contributed by atoms with van der Waals surface area (Å²) >= 11 is 0. The van der Waals surface area contributed by atoms with E-state index in [2.05, 4.69) is 0 Å². The molecule has 15 heavy (non-hydrogen) atoms. The van der Waals surface area contributed by atoms with Gasteiger partial charge in [0.05, 0.1) is 6.61 Å². The van der Waals surface area contributed by atoms with Gasteiger partial charge in [-0.1, -0.05) is 5.57 Å². The molecule has 2 unspecified atom stereocenters. The van der Waals surface area contributed by atoms with Crippen LogP contribution in [-0.2, 0) is 9.53 Å². The van der Waals surface area contributed by atoms with Crippen molar-refractivity contribution in [2.45, 2.75) is 37.8 Å². The molecule has 3 atom stereocenters. The van der Waals surface area contributed by atoms with Crippen LogP contribution in [0.1, 0.15) is 26.2 Å². The number of fused-ring (bicyclic) bond motifs is 2. The molecule has 0 aromatic heterocycles. The SMILES string of the molecule is CC1(OC(=O)[C@@H](N)CO)C=C2CCC1C2. The van der Waals surface area contributed by atoms with E-state index >= 15 is 0 Å². The highest BCUT2D eigenvalue weighted by Crippen LogP contribution is 2.47. The van der Waals surface area contributed by atoms with Gasteiger partial charge in [0.25, 0.3) is 0 Å². The molecule has 4 heteroatoms. The van der Waals surface area contributed by atoms with E-state index in [1.165, 1.54) is 5.57 Å². The number of ether oxygens (including phenoxy) is 1. The second-order valence-corrected chi connectivity index (χ2v) is 4.64. The summed E-state index contributed by atoms with van der Waals surface area (Å²) in [5.41, 5.74) is 6.30. The Morgan fingerprint density at radius 1 is 1.87 bits per heavy atom. The maximum atomic E-state index is 11.5. The molecule has 0 aromatic carbocycles. The standard InChI is InChI=1S/C11H17NO3/c1-11(15-10(14)9(12)6-13)5-7-2-3-8(11)4-7/h5,8-9,13H,2-4,6,12H2,1H3/t8?,9-,11?/m0/s1. The first-order valence-corrected chi connectivity index (χ1v) is 5.35. The molecule has 0 spiro atoms. The third-order valence-electron chi connectivity index (χ3n) is 3.44. The Labute approximate surface area is 89.1 Å². The number of carbonyl (C=O) groups is 1. The van der Waals surface area contributed by atoms with Crippen LogP contribution in [-0.4, -0.2) is 29.3 Å². The number of allylic oxidation sites excluding steroid dienone is 1. The number of aliphatic hydroxyl groups excluding tert-OH is 1. The van der Waals surface area contributed by atoms with Crippen LogP contribution >= 0.6 is 0 Å². The molecule has 2 bridgehead atoms. The van der Waals surface area contributed by atoms with Gasteiger partial charge in [-0.3, -0.25) is 4.79 Å². The molecule has 4 nitrogen and oxygen atoms in total. The fourth-order valence-corrected chi connectivity index (χ4v) is 2.50. The Balaban J connectivity index is 2.03. The molecule has 0 amide bonds. The molecule has 0 aromatic rings. The molecule has 2 aliphatic rings. The molecule has 3 N–H and O–H groups in total. The Hall–Kier alpha value is -0.870. The van der Waals surface area contributed by atoms with Gasteiger partial charge in [-0.25, -0.2) is 0 Å². The smallest absolute Gasteiger partial charge is 0.326 e. The third kappa shape index (κ3) is 1.79. The maximum Gasteiger partial charge on any atom is 0.326 e. The zero-order valence-corrected chi connectivity index (χ0v) is 8.90. The fraction of sp³-hybridized carbons (Fsp3) is 0.727. The van der Waals surface area contributed by atoms with Gasteiger partial charge >= 0.3 is 5.97 Å². The van der Waals surface area contributed by atoms with Crippen molar-refractivity contribution in [3.05, 3.63) is 11.6 Å². The van der Waals surface area contributed by atoms with Crippen molar-refractivity contribution in [1.29, 1.82) is 0 Å². The fourth-order valence-electron chi connectivity index (χ4n) is 2.50. The topological polar surface area (TPSA) is 72.5 Å². The molecular formula is C11H17NO3. The summed E-state index contributed by atoms with van der Waals surface area (Å²) in [6.45, 7) is 1.56. The summed E-state index contributed by atoms with van der Waals surface area (Å²) in [6, 6.07) is -0.917. The van der Waals surface area contributed by atoms with Crippen LogP contribution < -0.4 is 5.73 Å². The van der Waals surface area contributed by atoms with Crippen molar-refractivity contribution >= 4 is 5.97 Å². The summed E-state index contributed by atoms with van der Waals surface area (Å²) in [7, 11) is 0. The first kappa shape index (κ1) is 10.6. The lowest BCUT2D eigenvalue weighted by molar-refractivity contribution is -0.160. The number of hydrogen-bond acceptors (Lipinski definition) is 4. The van der Waals surface area contributed by atoms with E-state index in [1.54, 1.807) is 0 Å². The number of carbonyl (C=O) groups excluding carboxylic acids is 1. The maximum absolute atomic E-state index is 11.5. The first-order chi connectivity index (χ1) is 7.05.